The molecule has 0 saturated heterocycles. The van der Waals surface area contributed by atoms with Crippen LogP contribution in [-0.4, -0.2) is 35.4 Å². The van der Waals surface area contributed by atoms with E-state index in [1.165, 1.54) is 18.5 Å². The zero-order valence-corrected chi connectivity index (χ0v) is 23.6. The summed E-state index contributed by atoms with van der Waals surface area (Å²) in [6.45, 7) is 6.77. The van der Waals surface area contributed by atoms with Crippen LogP contribution in [0.2, 0.25) is 0 Å². The van der Waals surface area contributed by atoms with Gasteiger partial charge >= 0.3 is 18.2 Å². The van der Waals surface area contributed by atoms with Gasteiger partial charge in [-0.2, -0.15) is 13.2 Å². The van der Waals surface area contributed by atoms with Gasteiger partial charge in [0, 0.05) is 22.7 Å². The second-order valence-corrected chi connectivity index (χ2v) is 10.5. The summed E-state index contributed by atoms with van der Waals surface area (Å²) in [5, 5.41) is 2.60. The van der Waals surface area contributed by atoms with E-state index in [1.807, 2.05) is 11.4 Å². The third kappa shape index (κ3) is 7.80. The van der Waals surface area contributed by atoms with Gasteiger partial charge in [-0.15, -0.1) is 0 Å². The molecule has 1 N–H and O–H groups in total. The number of furan rings is 1. The highest BCUT2D eigenvalue weighted by atomic mass is 19.4. The topological polar surface area (TPSA) is 99.9 Å². The number of benzene rings is 2. The van der Waals surface area contributed by atoms with Crippen molar-refractivity contribution < 1.29 is 41.4 Å². The first kappa shape index (κ1) is 30.4. The van der Waals surface area contributed by atoms with Crippen molar-refractivity contribution >= 4 is 23.0 Å². The molecule has 0 spiro atoms. The summed E-state index contributed by atoms with van der Waals surface area (Å²) in [6, 6.07) is 12.9. The molecule has 1 atom stereocenters. The molecule has 4 aromatic rings. The van der Waals surface area contributed by atoms with Gasteiger partial charge in [-0.1, -0.05) is 18.2 Å². The lowest BCUT2D eigenvalue weighted by Gasteiger charge is -2.25. The Kier molecular flexibility index (Phi) is 9.08. The standard InChI is InChI=1S/C31H31F3N2O6/c1-5-39-26(37)17-21-8-6-7-9-25(21)41-18-19-14-22-11-13-40-27(22)23(15-19)20-10-12-35-24(16-20)28(31(32,33)34)36-29(38)42-30(2,3)4/h6-16,28H,5,17-18H2,1-4H3,(H,36,38)/t28-/m1/s1. The van der Waals surface area contributed by atoms with Crippen LogP contribution in [-0.2, 0) is 27.3 Å². The molecule has 11 heteroatoms. The first-order valence-electron chi connectivity index (χ1n) is 13.2. The number of esters is 1. The van der Waals surface area contributed by atoms with Crippen molar-refractivity contribution in [2.75, 3.05) is 6.61 Å². The second-order valence-electron chi connectivity index (χ2n) is 10.5. The zero-order valence-electron chi connectivity index (χ0n) is 23.6. The number of para-hydroxylation sites is 1. The zero-order chi connectivity index (χ0) is 30.5. The molecule has 0 aliphatic rings. The number of carbonyl (C=O) groups is 2. The van der Waals surface area contributed by atoms with Crippen molar-refractivity contribution in [2.45, 2.75) is 58.5 Å². The summed E-state index contributed by atoms with van der Waals surface area (Å²) in [6.07, 6.45) is -3.28. The first-order chi connectivity index (χ1) is 19.8. The molecule has 222 valence electrons. The van der Waals surface area contributed by atoms with Gasteiger partial charge in [0.2, 0.25) is 0 Å². The Hall–Kier alpha value is -4.54. The van der Waals surface area contributed by atoms with Gasteiger partial charge in [0.15, 0.2) is 6.04 Å². The monoisotopic (exact) mass is 584 g/mol. The molecule has 4 rings (SSSR count). The number of alkyl halides is 3. The molecule has 0 saturated carbocycles. The van der Waals surface area contributed by atoms with Crippen LogP contribution in [0.3, 0.4) is 0 Å². The number of hydrogen-bond donors (Lipinski definition) is 1. The third-order valence-electron chi connectivity index (χ3n) is 5.99. The maximum absolute atomic E-state index is 14.0. The number of halogens is 3. The van der Waals surface area contributed by atoms with Crippen LogP contribution >= 0.6 is 0 Å². The minimum Gasteiger partial charge on any atom is -0.489 e. The van der Waals surface area contributed by atoms with E-state index in [9.17, 15) is 22.8 Å². The summed E-state index contributed by atoms with van der Waals surface area (Å²) in [4.78, 5) is 28.1. The smallest absolute Gasteiger partial charge is 0.414 e. The van der Waals surface area contributed by atoms with Gasteiger partial charge in [0.25, 0.3) is 0 Å². The fourth-order valence-corrected chi connectivity index (χ4v) is 4.28. The molecule has 0 aliphatic carbocycles. The molecule has 0 unspecified atom stereocenters. The molecule has 2 aromatic carbocycles. The SMILES string of the molecule is CCOC(=O)Cc1ccccc1OCc1cc(-c2ccnc([C@@H](NC(=O)OC(C)(C)C)C(F)(F)F)c2)c2occc2c1. The highest BCUT2D eigenvalue weighted by Gasteiger charge is 2.44. The van der Waals surface area contributed by atoms with Gasteiger partial charge < -0.3 is 23.9 Å². The Morgan fingerprint density at radius 3 is 2.52 bits per heavy atom. The minimum atomic E-state index is -4.84. The number of alkyl carbamates (subject to hydrolysis) is 1. The number of carbonyl (C=O) groups excluding carboxylic acids is 2. The summed E-state index contributed by atoms with van der Waals surface area (Å²) in [5.41, 5.74) is 1.34. The lowest BCUT2D eigenvalue weighted by atomic mass is 9.99. The quantitative estimate of drug-likeness (QED) is 0.206. The van der Waals surface area contributed by atoms with E-state index in [1.54, 1.807) is 70.2 Å². The molecule has 8 nitrogen and oxygen atoms in total. The number of rotatable bonds is 9. The lowest BCUT2D eigenvalue weighted by molar-refractivity contribution is -0.157. The van der Waals surface area contributed by atoms with E-state index >= 15 is 0 Å². The number of ether oxygens (including phenoxy) is 3. The number of nitrogens with one attached hydrogen (secondary N) is 1. The molecule has 0 radical (unpaired) electrons. The Bertz CT molecular complexity index is 1560. The third-order valence-corrected chi connectivity index (χ3v) is 5.99. The molecular formula is C31H31F3N2O6. The van der Waals surface area contributed by atoms with Crippen molar-refractivity contribution in [1.29, 1.82) is 0 Å². The normalized spacial score (nSPS) is 12.5. The van der Waals surface area contributed by atoms with E-state index in [4.69, 9.17) is 18.6 Å². The Labute approximate surface area is 240 Å². The van der Waals surface area contributed by atoms with Gasteiger partial charge in [-0.3, -0.25) is 9.78 Å². The number of nitrogens with zero attached hydrogens (tertiary/aromatic N) is 1. The van der Waals surface area contributed by atoms with Crippen LogP contribution in [0.25, 0.3) is 22.1 Å². The van der Waals surface area contributed by atoms with Crippen LogP contribution in [0.5, 0.6) is 5.75 Å². The molecule has 0 bridgehead atoms. The second kappa shape index (κ2) is 12.5. The Morgan fingerprint density at radius 2 is 1.81 bits per heavy atom. The van der Waals surface area contributed by atoms with E-state index in [2.05, 4.69) is 4.98 Å². The molecular weight excluding hydrogens is 553 g/mol. The maximum atomic E-state index is 14.0. The molecule has 1 amide bonds. The van der Waals surface area contributed by atoms with Crippen molar-refractivity contribution in [3.8, 4) is 16.9 Å². The summed E-state index contributed by atoms with van der Waals surface area (Å²) < 4.78 is 63.9. The van der Waals surface area contributed by atoms with Gasteiger partial charge in [0.1, 0.15) is 23.5 Å². The minimum absolute atomic E-state index is 0.0491. The first-order valence-corrected chi connectivity index (χ1v) is 13.2. The van der Waals surface area contributed by atoms with E-state index in [-0.39, 0.29) is 25.6 Å². The fourth-order valence-electron chi connectivity index (χ4n) is 4.28. The van der Waals surface area contributed by atoms with Crippen LogP contribution in [0.15, 0.2) is 71.5 Å². The van der Waals surface area contributed by atoms with E-state index in [0.29, 0.717) is 39.0 Å². The van der Waals surface area contributed by atoms with Crippen LogP contribution in [0, 0.1) is 0 Å². The Balaban J connectivity index is 1.64. The van der Waals surface area contributed by atoms with Crippen LogP contribution in [0.1, 0.15) is 50.6 Å². The number of hydrogen-bond acceptors (Lipinski definition) is 7. The van der Waals surface area contributed by atoms with E-state index in [0.717, 1.165) is 0 Å². The number of pyridine rings is 1. The average Bonchev–Trinajstić information content (AvgIpc) is 3.38. The number of fused-ring (bicyclic) bond motifs is 1. The predicted molar refractivity (Wildman–Crippen MR) is 149 cm³/mol. The van der Waals surface area contributed by atoms with Gasteiger partial charge in [-0.05, 0) is 75.2 Å². The molecule has 42 heavy (non-hydrogen) atoms. The van der Waals surface area contributed by atoms with Crippen LogP contribution < -0.4 is 10.1 Å². The summed E-state index contributed by atoms with van der Waals surface area (Å²) >= 11 is 0. The van der Waals surface area contributed by atoms with Crippen LogP contribution in [0.4, 0.5) is 18.0 Å². The van der Waals surface area contributed by atoms with Crippen molar-refractivity contribution in [3.05, 3.63) is 83.9 Å². The van der Waals surface area contributed by atoms with Crippen molar-refractivity contribution in [1.82, 2.24) is 10.3 Å². The summed E-state index contributed by atoms with van der Waals surface area (Å²) in [7, 11) is 0. The average molecular weight is 585 g/mol. The van der Waals surface area contributed by atoms with Crippen molar-refractivity contribution in [2.24, 2.45) is 0 Å². The van der Waals surface area contributed by atoms with Gasteiger partial charge in [0.05, 0.1) is 25.0 Å². The highest BCUT2D eigenvalue weighted by molar-refractivity contribution is 5.93. The number of amides is 1. The molecule has 2 heterocycles. The van der Waals surface area contributed by atoms with Crippen molar-refractivity contribution in [3.63, 3.8) is 0 Å². The maximum Gasteiger partial charge on any atom is 0.414 e. The van der Waals surface area contributed by atoms with Gasteiger partial charge in [-0.25, -0.2) is 4.79 Å². The molecule has 0 aliphatic heterocycles. The fraction of sp³-hybridized carbons (Fsp3) is 0.323. The lowest BCUT2D eigenvalue weighted by Crippen LogP contribution is -2.41. The summed E-state index contributed by atoms with van der Waals surface area (Å²) in [5.74, 6) is 0.134. The molecule has 2 aromatic heterocycles. The Morgan fingerprint density at radius 1 is 1.05 bits per heavy atom. The predicted octanol–water partition coefficient (Wildman–Crippen LogP) is 7.31. The van der Waals surface area contributed by atoms with E-state index < -0.39 is 29.6 Å². The molecule has 0 fully saturated rings. The highest BCUT2D eigenvalue weighted by Crippen LogP contribution is 2.36. The largest absolute Gasteiger partial charge is 0.489 e. The number of aromatic nitrogens is 1.